The van der Waals surface area contributed by atoms with Crippen LogP contribution in [0.25, 0.3) is 0 Å². The number of halogens is 1. The number of thioether (sulfide) groups is 1. The third-order valence-corrected chi connectivity index (χ3v) is 6.85. The van der Waals surface area contributed by atoms with Gasteiger partial charge in [-0.05, 0) is 60.5 Å². The number of nitrogens with one attached hydrogen (secondary N) is 3. The van der Waals surface area contributed by atoms with Gasteiger partial charge in [-0.25, -0.2) is 0 Å². The predicted octanol–water partition coefficient (Wildman–Crippen LogP) is 2.49. The first-order chi connectivity index (χ1) is 14.5. The summed E-state index contributed by atoms with van der Waals surface area (Å²) in [6.45, 7) is 2.72. The number of benzene rings is 1. The number of likely N-dealkylation sites (N-methyl/N-ethyl adjacent to an activating group) is 1. The summed E-state index contributed by atoms with van der Waals surface area (Å²) in [6.07, 6.45) is 7.06. The molecule has 0 bridgehead atoms. The summed E-state index contributed by atoms with van der Waals surface area (Å²) in [5.74, 6) is -0.292. The van der Waals surface area contributed by atoms with Crippen LogP contribution >= 0.6 is 23.4 Å². The lowest BCUT2D eigenvalue weighted by Gasteiger charge is -2.42. The molecular weight excluding hydrogens is 422 g/mol. The summed E-state index contributed by atoms with van der Waals surface area (Å²) < 4.78 is 0. The summed E-state index contributed by atoms with van der Waals surface area (Å²) >= 11 is 7.12. The van der Waals surface area contributed by atoms with Gasteiger partial charge in [0, 0.05) is 54.7 Å². The highest BCUT2D eigenvalue weighted by Gasteiger charge is 2.42. The Hall–Kier alpha value is -2.29. The molecule has 3 aliphatic rings. The fourth-order valence-electron chi connectivity index (χ4n) is 4.30. The zero-order chi connectivity index (χ0) is 21.1. The molecular formula is C21H24ClN5O2S. The minimum atomic E-state index is -0.292. The predicted molar refractivity (Wildman–Crippen MR) is 122 cm³/mol. The van der Waals surface area contributed by atoms with Gasteiger partial charge in [0.05, 0.1) is 4.91 Å². The average molecular weight is 446 g/mol. The minimum Gasteiger partial charge on any atom is -0.384 e. The first-order valence-corrected chi connectivity index (χ1v) is 11.1. The number of nitrogens with zero attached hydrogens (tertiary/aromatic N) is 2. The summed E-state index contributed by atoms with van der Waals surface area (Å²) in [7, 11) is 1.54. The molecule has 9 heteroatoms. The quantitative estimate of drug-likeness (QED) is 0.477. The monoisotopic (exact) mass is 445 g/mol. The van der Waals surface area contributed by atoms with E-state index in [1.54, 1.807) is 25.4 Å². The topological polar surface area (TPSA) is 85.8 Å². The smallest absolute Gasteiger partial charge is 0.257 e. The molecule has 1 aromatic carbocycles. The molecule has 7 nitrogen and oxygen atoms in total. The lowest BCUT2D eigenvalue weighted by Crippen LogP contribution is -2.52. The van der Waals surface area contributed by atoms with E-state index in [1.807, 2.05) is 6.07 Å². The van der Waals surface area contributed by atoms with Gasteiger partial charge in [-0.2, -0.15) is 0 Å². The van der Waals surface area contributed by atoms with Gasteiger partial charge in [-0.15, -0.1) is 0 Å². The zero-order valence-corrected chi connectivity index (χ0v) is 18.2. The highest BCUT2D eigenvalue weighted by molar-refractivity contribution is 8.16. The molecule has 30 heavy (non-hydrogen) atoms. The third kappa shape index (κ3) is 4.12. The molecule has 1 aromatic rings. The number of anilines is 1. The van der Waals surface area contributed by atoms with E-state index in [2.05, 4.69) is 38.0 Å². The van der Waals surface area contributed by atoms with E-state index in [9.17, 15) is 9.59 Å². The van der Waals surface area contributed by atoms with Crippen LogP contribution in [0.4, 0.5) is 5.69 Å². The van der Waals surface area contributed by atoms with E-state index in [-0.39, 0.29) is 17.6 Å². The highest BCUT2D eigenvalue weighted by atomic mass is 35.5. The number of aliphatic imine (C=N–C) groups is 1. The van der Waals surface area contributed by atoms with Crippen LogP contribution in [0.1, 0.15) is 18.4 Å². The van der Waals surface area contributed by atoms with Crippen LogP contribution in [0.15, 0.2) is 45.9 Å². The minimum absolute atomic E-state index is 0.112. The van der Waals surface area contributed by atoms with Crippen LogP contribution in [-0.2, 0) is 15.0 Å². The van der Waals surface area contributed by atoms with E-state index in [1.165, 1.54) is 11.3 Å². The second-order valence-electron chi connectivity index (χ2n) is 7.60. The van der Waals surface area contributed by atoms with Crippen molar-refractivity contribution >= 4 is 46.8 Å². The van der Waals surface area contributed by atoms with Crippen LogP contribution in [0, 0.1) is 0 Å². The van der Waals surface area contributed by atoms with Gasteiger partial charge in [0.15, 0.2) is 11.9 Å². The maximum Gasteiger partial charge on any atom is 0.257 e. The van der Waals surface area contributed by atoms with Crippen LogP contribution in [-0.4, -0.2) is 55.6 Å². The van der Waals surface area contributed by atoms with Gasteiger partial charge in [-0.1, -0.05) is 11.6 Å². The van der Waals surface area contributed by atoms with Crippen molar-refractivity contribution in [3.63, 3.8) is 0 Å². The van der Waals surface area contributed by atoms with Gasteiger partial charge < -0.3 is 16.0 Å². The van der Waals surface area contributed by atoms with Crippen LogP contribution in [0.3, 0.4) is 0 Å². The summed E-state index contributed by atoms with van der Waals surface area (Å²) in [4.78, 5) is 30.0. The molecule has 1 atom stereocenters. The number of hydrogen-bond acceptors (Lipinski definition) is 7. The molecule has 0 aliphatic carbocycles. The summed E-state index contributed by atoms with van der Waals surface area (Å²) in [5, 5.41) is 10.2. The molecule has 1 unspecified atom stereocenters. The number of hydrogen-bond donors (Lipinski definition) is 3. The van der Waals surface area contributed by atoms with E-state index in [4.69, 9.17) is 11.6 Å². The Kier molecular flexibility index (Phi) is 6.17. The van der Waals surface area contributed by atoms with E-state index in [0.717, 1.165) is 55.0 Å². The SMILES string of the molecule is CNC(=O)/C(=C/C1=CC=NC(N2CCC3(CC2)CNc2ccc(Cl)cc23)N1)SC=O. The van der Waals surface area contributed by atoms with Gasteiger partial charge in [-0.3, -0.25) is 19.5 Å². The van der Waals surface area contributed by atoms with Crippen molar-refractivity contribution in [2.75, 3.05) is 32.0 Å². The molecule has 158 valence electrons. The second-order valence-corrected chi connectivity index (χ2v) is 8.90. The number of allylic oxidation sites excluding steroid dienone is 2. The van der Waals surface area contributed by atoms with E-state index < -0.39 is 0 Å². The Balaban J connectivity index is 1.43. The number of carbonyl (C=O) groups is 2. The van der Waals surface area contributed by atoms with Gasteiger partial charge in [0.25, 0.3) is 5.91 Å². The number of piperidine rings is 1. The Morgan fingerprint density at radius 1 is 1.40 bits per heavy atom. The summed E-state index contributed by atoms with van der Waals surface area (Å²) in [5.41, 5.74) is 4.02. The molecule has 0 saturated carbocycles. The molecule has 3 heterocycles. The molecule has 4 rings (SSSR count). The van der Waals surface area contributed by atoms with Gasteiger partial charge in [0.1, 0.15) is 0 Å². The fraction of sp³-hybridized carbons (Fsp3) is 0.381. The van der Waals surface area contributed by atoms with Crippen LogP contribution < -0.4 is 16.0 Å². The molecule has 1 saturated heterocycles. The maximum atomic E-state index is 12.0. The molecule has 1 fully saturated rings. The standard InChI is InChI=1S/C21H24ClN5O2S/c1-23-19(29)18(30-13-28)11-15-4-7-24-20(26-15)27-8-5-21(6-9-27)12-25-17-3-2-14(22)10-16(17)21/h2-4,7,10-11,13,20,25-26H,5-6,8-9,12H2,1H3,(H,23,29)/b18-11-. The molecule has 0 radical (unpaired) electrons. The lowest BCUT2D eigenvalue weighted by molar-refractivity contribution is -0.116. The molecule has 3 N–H and O–H groups in total. The molecule has 1 amide bonds. The lowest BCUT2D eigenvalue weighted by atomic mass is 9.74. The van der Waals surface area contributed by atoms with Crippen molar-refractivity contribution in [3.05, 3.63) is 51.5 Å². The Morgan fingerprint density at radius 2 is 2.20 bits per heavy atom. The van der Waals surface area contributed by atoms with Crippen molar-refractivity contribution in [2.45, 2.75) is 24.5 Å². The van der Waals surface area contributed by atoms with Gasteiger partial charge in [0.2, 0.25) is 0 Å². The number of fused-ring (bicyclic) bond motifs is 2. The van der Waals surface area contributed by atoms with Crippen molar-refractivity contribution in [1.29, 1.82) is 0 Å². The van der Waals surface area contributed by atoms with Crippen molar-refractivity contribution in [2.24, 2.45) is 4.99 Å². The largest absolute Gasteiger partial charge is 0.384 e. The zero-order valence-electron chi connectivity index (χ0n) is 16.7. The second kappa shape index (κ2) is 8.83. The van der Waals surface area contributed by atoms with Crippen molar-refractivity contribution in [3.8, 4) is 0 Å². The first-order valence-electron chi connectivity index (χ1n) is 9.87. The third-order valence-electron chi connectivity index (χ3n) is 5.96. The number of carbonyl (C=O) groups excluding carboxylic acids is 2. The van der Waals surface area contributed by atoms with Crippen LogP contribution in [0.2, 0.25) is 5.02 Å². The maximum absolute atomic E-state index is 12.0. The fourth-order valence-corrected chi connectivity index (χ4v) is 4.98. The molecule has 3 aliphatic heterocycles. The Bertz CT molecular complexity index is 937. The van der Waals surface area contributed by atoms with Crippen molar-refractivity contribution < 1.29 is 9.59 Å². The Morgan fingerprint density at radius 3 is 2.93 bits per heavy atom. The average Bonchev–Trinajstić information content (AvgIpc) is 3.11. The molecule has 0 aromatic heterocycles. The van der Waals surface area contributed by atoms with E-state index in [0.29, 0.717) is 10.5 Å². The number of likely N-dealkylation sites (tertiary alicyclic amines) is 1. The first kappa shape index (κ1) is 21.0. The number of amides is 1. The number of rotatable bonds is 5. The normalized spacial score (nSPS) is 22.7. The highest BCUT2D eigenvalue weighted by Crippen LogP contribution is 2.45. The van der Waals surface area contributed by atoms with Crippen molar-refractivity contribution in [1.82, 2.24) is 15.5 Å². The Labute approximate surface area is 185 Å². The molecule has 1 spiro atoms. The van der Waals surface area contributed by atoms with Crippen LogP contribution in [0.5, 0.6) is 0 Å². The van der Waals surface area contributed by atoms with Gasteiger partial charge >= 0.3 is 0 Å². The van der Waals surface area contributed by atoms with E-state index >= 15 is 0 Å². The summed E-state index contributed by atoms with van der Waals surface area (Å²) in [6, 6.07) is 6.09.